The van der Waals surface area contributed by atoms with E-state index in [0.717, 1.165) is 5.17 Å². The smallest absolute Gasteiger partial charge is 0.509 e. The maximum absolute atomic E-state index is 9.95. The second-order valence-corrected chi connectivity index (χ2v) is 2.60. The van der Waals surface area contributed by atoms with Gasteiger partial charge in [0.05, 0.1) is 6.54 Å². The average Bonchev–Trinajstić information content (AvgIpc) is 1.97. The molecule has 0 radical (unpaired) electrons. The van der Waals surface area contributed by atoms with Gasteiger partial charge in [-0.25, -0.2) is 5.84 Å². The zero-order valence-electron chi connectivity index (χ0n) is 6.60. The van der Waals surface area contributed by atoms with Crippen LogP contribution in [0.15, 0.2) is 0 Å². The topological polar surface area (TPSA) is 117 Å². The molecule has 8 heteroatoms. The molecule has 0 aliphatic rings. The summed E-state index contributed by atoms with van der Waals surface area (Å²) in [7, 11) is -2.92. The highest BCUT2D eigenvalue weighted by atomic mass is 31.1. The third-order valence-corrected chi connectivity index (χ3v) is 1.34. The van der Waals surface area contributed by atoms with Crippen LogP contribution in [0.3, 0.4) is 0 Å². The molecule has 0 spiro atoms. The van der Waals surface area contributed by atoms with Crippen LogP contribution in [-0.4, -0.2) is 31.4 Å². The molecule has 0 aliphatic heterocycles. The molecule has 0 saturated heterocycles. The molecular weight excluding hydrogens is 183 g/mol. The van der Waals surface area contributed by atoms with E-state index in [2.05, 4.69) is 9.94 Å². The maximum Gasteiger partial charge on any atom is 0.509 e. The van der Waals surface area contributed by atoms with Crippen LogP contribution < -0.4 is 21.8 Å². The number of hydrogen-bond acceptors (Lipinski definition) is 7. The highest BCUT2D eigenvalue weighted by Gasteiger charge is 2.07. The van der Waals surface area contributed by atoms with E-state index in [1.807, 2.05) is 0 Å². The van der Waals surface area contributed by atoms with Crippen molar-refractivity contribution in [1.29, 1.82) is 0 Å². The molecule has 0 amide bonds. The van der Waals surface area contributed by atoms with E-state index in [1.54, 1.807) is 0 Å². The fourth-order valence-corrected chi connectivity index (χ4v) is 0.796. The Labute approximate surface area is 71.5 Å². The third-order valence-electron chi connectivity index (χ3n) is 1.00. The Morgan fingerprint density at radius 1 is 1.58 bits per heavy atom. The van der Waals surface area contributed by atoms with Crippen LogP contribution in [-0.2, 0) is 9.19 Å². The molecule has 0 heterocycles. The number of nitrogens with two attached hydrogens (primary N) is 2. The van der Waals surface area contributed by atoms with Crippen molar-refractivity contribution in [2.75, 3.05) is 26.2 Å². The summed E-state index contributed by atoms with van der Waals surface area (Å²) in [5, 5.41) is 3.66. The first kappa shape index (κ1) is 11.9. The molecule has 7 nitrogen and oxygen atoms in total. The summed E-state index contributed by atoms with van der Waals surface area (Å²) in [6.45, 7) is 2.00. The minimum Gasteiger partial charge on any atom is -0.565 e. The predicted octanol–water partition coefficient (Wildman–Crippen LogP) is -2.34. The molecule has 0 aromatic carbocycles. The standard InChI is InChI=1S/C4H13N4O3P/c5-1-2-7-3-4-8(6)11-12(9)10/h7H,1-6H2. The number of hydrogen-bond donors (Lipinski definition) is 3. The predicted molar refractivity (Wildman–Crippen MR) is 41.5 cm³/mol. The second-order valence-electron chi connectivity index (χ2n) is 1.98. The van der Waals surface area contributed by atoms with E-state index < -0.39 is 8.25 Å². The molecule has 12 heavy (non-hydrogen) atoms. The summed E-state index contributed by atoms with van der Waals surface area (Å²) < 4.78 is 14.1. The highest BCUT2D eigenvalue weighted by molar-refractivity contribution is 7.30. The minimum absolute atomic E-state index is 0.281. The van der Waals surface area contributed by atoms with Crippen molar-refractivity contribution in [3.63, 3.8) is 0 Å². The van der Waals surface area contributed by atoms with Gasteiger partial charge in [0.2, 0.25) is 0 Å². The van der Waals surface area contributed by atoms with Crippen LogP contribution in [0.2, 0.25) is 0 Å². The van der Waals surface area contributed by atoms with Gasteiger partial charge in [-0.15, -0.1) is 0 Å². The molecule has 0 aromatic rings. The lowest BCUT2D eigenvalue weighted by Crippen LogP contribution is -2.37. The average molecular weight is 196 g/mol. The van der Waals surface area contributed by atoms with E-state index in [9.17, 15) is 9.46 Å². The summed E-state index contributed by atoms with van der Waals surface area (Å²) in [4.78, 5) is 9.95. The van der Waals surface area contributed by atoms with Crippen molar-refractivity contribution in [2.45, 2.75) is 0 Å². The van der Waals surface area contributed by atoms with Gasteiger partial charge < -0.3 is 15.9 Å². The van der Waals surface area contributed by atoms with Crippen LogP contribution in [0.25, 0.3) is 0 Å². The van der Waals surface area contributed by atoms with Gasteiger partial charge in [-0.3, -0.25) is 0 Å². The summed E-state index contributed by atoms with van der Waals surface area (Å²) in [5.41, 5.74) is 5.19. The van der Waals surface area contributed by atoms with E-state index in [-0.39, 0.29) is 6.54 Å². The number of hydroxylamine groups is 1. The molecule has 5 N–H and O–H groups in total. The Morgan fingerprint density at radius 3 is 2.75 bits per heavy atom. The molecule has 0 rings (SSSR count). The van der Waals surface area contributed by atoms with E-state index in [0.29, 0.717) is 19.6 Å². The van der Waals surface area contributed by atoms with Crippen molar-refractivity contribution in [3.05, 3.63) is 0 Å². The van der Waals surface area contributed by atoms with Crippen molar-refractivity contribution in [3.8, 4) is 0 Å². The zero-order chi connectivity index (χ0) is 9.40. The highest BCUT2D eigenvalue weighted by Crippen LogP contribution is 2.08. The minimum atomic E-state index is -2.92. The van der Waals surface area contributed by atoms with Gasteiger partial charge >= 0.3 is 8.25 Å². The van der Waals surface area contributed by atoms with Crippen molar-refractivity contribution >= 4 is 8.25 Å². The fraction of sp³-hybridized carbons (Fsp3) is 1.00. The monoisotopic (exact) mass is 196 g/mol. The fourth-order valence-electron chi connectivity index (χ4n) is 0.543. The van der Waals surface area contributed by atoms with Crippen LogP contribution >= 0.6 is 8.25 Å². The third kappa shape index (κ3) is 7.96. The Balaban J connectivity index is 3.19. The quantitative estimate of drug-likeness (QED) is 0.181. The van der Waals surface area contributed by atoms with Crippen molar-refractivity contribution < 1.29 is 14.1 Å². The van der Waals surface area contributed by atoms with Crippen LogP contribution in [0, 0.1) is 0 Å². The Morgan fingerprint density at radius 2 is 2.25 bits per heavy atom. The van der Waals surface area contributed by atoms with Crippen LogP contribution in [0.4, 0.5) is 0 Å². The van der Waals surface area contributed by atoms with E-state index in [1.165, 1.54) is 0 Å². The SMILES string of the molecule is NCCNCCN(N)O[P+](=O)[O-]. The maximum atomic E-state index is 9.95. The van der Waals surface area contributed by atoms with Gasteiger partial charge in [-0.05, 0) is 9.19 Å². The molecule has 1 atom stereocenters. The Kier molecular flexibility index (Phi) is 7.42. The molecule has 0 fully saturated rings. The first-order chi connectivity index (χ1) is 5.66. The lowest BCUT2D eigenvalue weighted by Gasteiger charge is -2.08. The van der Waals surface area contributed by atoms with Crippen molar-refractivity contribution in [1.82, 2.24) is 10.5 Å². The first-order valence-corrected chi connectivity index (χ1v) is 4.52. The summed E-state index contributed by atoms with van der Waals surface area (Å²) in [6, 6.07) is 0. The second kappa shape index (κ2) is 7.51. The lowest BCUT2D eigenvalue weighted by atomic mass is 10.6. The van der Waals surface area contributed by atoms with Gasteiger partial charge in [0.15, 0.2) is 0 Å². The molecule has 0 aromatic heterocycles. The molecular formula is C4H13N4O3P. The molecule has 72 valence electrons. The number of hydrazine groups is 1. The largest absolute Gasteiger partial charge is 0.565 e. The molecule has 1 unspecified atom stereocenters. The van der Waals surface area contributed by atoms with Gasteiger partial charge in [-0.2, -0.15) is 0 Å². The van der Waals surface area contributed by atoms with Gasteiger partial charge in [0.1, 0.15) is 0 Å². The van der Waals surface area contributed by atoms with E-state index in [4.69, 9.17) is 11.6 Å². The Bertz CT molecular complexity index is 135. The van der Waals surface area contributed by atoms with Gasteiger partial charge in [-0.1, -0.05) is 5.17 Å². The molecule has 0 aliphatic carbocycles. The Hall–Kier alpha value is -0.140. The van der Waals surface area contributed by atoms with E-state index >= 15 is 0 Å². The number of nitrogens with one attached hydrogen (secondary N) is 1. The number of rotatable bonds is 7. The normalized spacial score (nSPS) is 12.2. The van der Waals surface area contributed by atoms with Crippen molar-refractivity contribution in [2.24, 2.45) is 11.6 Å². The number of nitrogens with zero attached hydrogens (tertiary/aromatic N) is 1. The first-order valence-electron chi connectivity index (χ1n) is 3.42. The van der Waals surface area contributed by atoms with Gasteiger partial charge in [0.25, 0.3) is 0 Å². The lowest BCUT2D eigenvalue weighted by molar-refractivity contribution is -0.216. The summed E-state index contributed by atoms with van der Waals surface area (Å²) in [6.07, 6.45) is 0. The van der Waals surface area contributed by atoms with Gasteiger partial charge in [0, 0.05) is 19.6 Å². The zero-order valence-corrected chi connectivity index (χ0v) is 7.50. The molecule has 0 saturated carbocycles. The van der Waals surface area contributed by atoms with Crippen LogP contribution in [0.1, 0.15) is 0 Å². The summed E-state index contributed by atoms with van der Waals surface area (Å²) >= 11 is 0. The van der Waals surface area contributed by atoms with Crippen LogP contribution in [0.5, 0.6) is 0 Å². The summed E-state index contributed by atoms with van der Waals surface area (Å²) in [5.74, 6) is 5.11. The molecule has 0 bridgehead atoms.